The van der Waals surface area contributed by atoms with Gasteiger partial charge in [0.05, 0.1) is 6.42 Å². The van der Waals surface area contributed by atoms with Crippen LogP contribution in [0.3, 0.4) is 0 Å². The highest BCUT2D eigenvalue weighted by Gasteiger charge is 2.29. The molecule has 0 spiro atoms. The molecule has 2 unspecified atom stereocenters. The van der Waals surface area contributed by atoms with E-state index in [1.54, 1.807) is 7.05 Å². The van der Waals surface area contributed by atoms with Crippen LogP contribution < -0.4 is 5.32 Å². The molecular weight excluding hydrogens is 205 g/mol. The van der Waals surface area contributed by atoms with Gasteiger partial charge in [0.2, 0.25) is 0 Å². The molecule has 0 radical (unpaired) electrons. The summed E-state index contributed by atoms with van der Waals surface area (Å²) in [6.07, 6.45) is -2.72. The van der Waals surface area contributed by atoms with Gasteiger partial charge in [0, 0.05) is 25.2 Å². The Morgan fingerprint density at radius 3 is 2.47 bits per heavy atom. The first-order valence-corrected chi connectivity index (χ1v) is 5.39. The van der Waals surface area contributed by atoms with Gasteiger partial charge in [-0.2, -0.15) is 13.2 Å². The standard InChI is InChI=1S/C10H19F3N2/c1-8-3-4-9(7-14-8)15(2)6-5-10(11,12)13/h8-9,14H,3-7H2,1-2H3. The third-order valence-corrected chi connectivity index (χ3v) is 3.01. The zero-order chi connectivity index (χ0) is 11.5. The number of piperidine rings is 1. The maximum atomic E-state index is 12.0. The summed E-state index contributed by atoms with van der Waals surface area (Å²) in [5.74, 6) is 0. The molecule has 1 aliphatic heterocycles. The van der Waals surface area contributed by atoms with Crippen LogP contribution in [0.1, 0.15) is 26.2 Å². The topological polar surface area (TPSA) is 15.3 Å². The number of nitrogens with zero attached hydrogens (tertiary/aromatic N) is 1. The first-order chi connectivity index (χ1) is 6.88. The maximum Gasteiger partial charge on any atom is 0.390 e. The van der Waals surface area contributed by atoms with Crippen LogP contribution in [0.15, 0.2) is 0 Å². The molecule has 1 fully saturated rings. The van der Waals surface area contributed by atoms with E-state index in [0.29, 0.717) is 6.04 Å². The second-order valence-corrected chi connectivity index (χ2v) is 4.39. The van der Waals surface area contributed by atoms with Gasteiger partial charge in [0.25, 0.3) is 0 Å². The Bertz CT molecular complexity index is 186. The second kappa shape index (κ2) is 5.16. The molecule has 1 N–H and O–H groups in total. The summed E-state index contributed by atoms with van der Waals surface area (Å²) in [5, 5.41) is 3.29. The van der Waals surface area contributed by atoms with E-state index in [1.807, 2.05) is 4.90 Å². The lowest BCUT2D eigenvalue weighted by Crippen LogP contribution is -2.48. The summed E-state index contributed by atoms with van der Waals surface area (Å²) in [7, 11) is 1.77. The van der Waals surface area contributed by atoms with E-state index in [4.69, 9.17) is 0 Å². The van der Waals surface area contributed by atoms with E-state index in [1.165, 1.54) is 0 Å². The van der Waals surface area contributed by atoms with Crippen molar-refractivity contribution in [2.45, 2.75) is 44.4 Å². The molecular formula is C10H19F3N2. The number of alkyl halides is 3. The highest BCUT2D eigenvalue weighted by molar-refractivity contribution is 4.80. The molecule has 1 rings (SSSR count). The van der Waals surface area contributed by atoms with Crippen molar-refractivity contribution >= 4 is 0 Å². The number of nitrogens with one attached hydrogen (secondary N) is 1. The first-order valence-electron chi connectivity index (χ1n) is 5.39. The average Bonchev–Trinajstić information content (AvgIpc) is 2.14. The van der Waals surface area contributed by atoms with Gasteiger partial charge in [-0.3, -0.25) is 0 Å². The zero-order valence-electron chi connectivity index (χ0n) is 9.27. The predicted octanol–water partition coefficient (Wildman–Crippen LogP) is 2.01. The monoisotopic (exact) mass is 224 g/mol. The average molecular weight is 224 g/mol. The minimum Gasteiger partial charge on any atom is -0.313 e. The molecule has 0 aromatic heterocycles. The van der Waals surface area contributed by atoms with Crippen molar-refractivity contribution in [3.63, 3.8) is 0 Å². The number of halogens is 3. The van der Waals surface area contributed by atoms with Gasteiger partial charge >= 0.3 is 6.18 Å². The van der Waals surface area contributed by atoms with Gasteiger partial charge in [0.1, 0.15) is 0 Å². The van der Waals surface area contributed by atoms with Crippen LogP contribution in [-0.2, 0) is 0 Å². The summed E-state index contributed by atoms with van der Waals surface area (Å²) in [6, 6.07) is 0.751. The summed E-state index contributed by atoms with van der Waals surface area (Å²) in [4.78, 5) is 1.81. The summed E-state index contributed by atoms with van der Waals surface area (Å²) >= 11 is 0. The number of rotatable bonds is 3. The smallest absolute Gasteiger partial charge is 0.313 e. The van der Waals surface area contributed by atoms with Crippen LogP contribution >= 0.6 is 0 Å². The first kappa shape index (κ1) is 12.8. The molecule has 1 heterocycles. The van der Waals surface area contributed by atoms with Gasteiger partial charge in [-0.05, 0) is 26.8 Å². The normalized spacial score (nSPS) is 28.4. The molecule has 1 saturated heterocycles. The Hall–Kier alpha value is -0.290. The van der Waals surface area contributed by atoms with Crippen molar-refractivity contribution in [3.8, 4) is 0 Å². The Kier molecular flexibility index (Phi) is 4.40. The molecule has 0 aromatic rings. The third-order valence-electron chi connectivity index (χ3n) is 3.01. The number of hydrogen-bond donors (Lipinski definition) is 1. The summed E-state index contributed by atoms with van der Waals surface area (Å²) in [6.45, 7) is 3.01. The van der Waals surface area contributed by atoms with Crippen LogP contribution in [0.5, 0.6) is 0 Å². The van der Waals surface area contributed by atoms with E-state index >= 15 is 0 Å². The summed E-state index contributed by atoms with van der Waals surface area (Å²) in [5.41, 5.74) is 0. The van der Waals surface area contributed by atoms with E-state index in [0.717, 1.165) is 19.4 Å². The van der Waals surface area contributed by atoms with E-state index in [2.05, 4.69) is 12.2 Å². The Balaban J connectivity index is 2.25. The molecule has 90 valence electrons. The molecule has 0 saturated carbocycles. The molecule has 2 nitrogen and oxygen atoms in total. The quantitative estimate of drug-likeness (QED) is 0.789. The Morgan fingerprint density at radius 1 is 1.33 bits per heavy atom. The fourth-order valence-corrected chi connectivity index (χ4v) is 1.85. The van der Waals surface area contributed by atoms with Gasteiger partial charge in [-0.15, -0.1) is 0 Å². The lowest BCUT2D eigenvalue weighted by molar-refractivity contribution is -0.138. The lowest BCUT2D eigenvalue weighted by Gasteiger charge is -2.34. The molecule has 0 aromatic carbocycles. The van der Waals surface area contributed by atoms with Crippen molar-refractivity contribution in [1.29, 1.82) is 0 Å². The minimum absolute atomic E-state index is 0.101. The largest absolute Gasteiger partial charge is 0.390 e. The van der Waals surface area contributed by atoms with E-state index < -0.39 is 12.6 Å². The minimum atomic E-state index is -4.04. The Morgan fingerprint density at radius 2 is 2.00 bits per heavy atom. The van der Waals surface area contributed by atoms with Crippen LogP contribution in [0, 0.1) is 0 Å². The lowest BCUT2D eigenvalue weighted by atomic mass is 10.0. The summed E-state index contributed by atoms with van der Waals surface area (Å²) < 4.78 is 36.0. The molecule has 2 atom stereocenters. The molecule has 0 bridgehead atoms. The fourth-order valence-electron chi connectivity index (χ4n) is 1.85. The molecule has 15 heavy (non-hydrogen) atoms. The van der Waals surface area contributed by atoms with Gasteiger partial charge in [0.15, 0.2) is 0 Å². The highest BCUT2D eigenvalue weighted by atomic mass is 19.4. The van der Waals surface area contributed by atoms with Crippen LogP contribution in [-0.4, -0.2) is 43.3 Å². The third kappa shape index (κ3) is 4.84. The SMILES string of the molecule is CC1CCC(N(C)CCC(F)(F)F)CN1. The van der Waals surface area contributed by atoms with E-state index in [9.17, 15) is 13.2 Å². The molecule has 1 aliphatic rings. The second-order valence-electron chi connectivity index (χ2n) is 4.39. The van der Waals surface area contributed by atoms with Crippen LogP contribution in [0.2, 0.25) is 0 Å². The van der Waals surface area contributed by atoms with Crippen molar-refractivity contribution < 1.29 is 13.2 Å². The van der Waals surface area contributed by atoms with Gasteiger partial charge in [-0.1, -0.05) is 0 Å². The van der Waals surface area contributed by atoms with Gasteiger partial charge in [-0.25, -0.2) is 0 Å². The van der Waals surface area contributed by atoms with E-state index in [-0.39, 0.29) is 12.6 Å². The highest BCUT2D eigenvalue weighted by Crippen LogP contribution is 2.21. The fraction of sp³-hybridized carbons (Fsp3) is 1.00. The van der Waals surface area contributed by atoms with Crippen molar-refractivity contribution in [3.05, 3.63) is 0 Å². The van der Waals surface area contributed by atoms with Crippen molar-refractivity contribution in [2.24, 2.45) is 0 Å². The predicted molar refractivity (Wildman–Crippen MR) is 53.8 cm³/mol. The Labute approximate surface area is 88.8 Å². The molecule has 0 aliphatic carbocycles. The number of hydrogen-bond acceptors (Lipinski definition) is 2. The van der Waals surface area contributed by atoms with Crippen molar-refractivity contribution in [1.82, 2.24) is 10.2 Å². The van der Waals surface area contributed by atoms with Gasteiger partial charge < -0.3 is 10.2 Å². The maximum absolute atomic E-state index is 12.0. The number of likely N-dealkylation sites (N-methyl/N-ethyl adjacent to an activating group) is 1. The van der Waals surface area contributed by atoms with Crippen LogP contribution in [0.25, 0.3) is 0 Å². The van der Waals surface area contributed by atoms with Crippen molar-refractivity contribution in [2.75, 3.05) is 20.1 Å². The van der Waals surface area contributed by atoms with Crippen LogP contribution in [0.4, 0.5) is 13.2 Å². The molecule has 0 amide bonds. The molecule has 5 heteroatoms. The zero-order valence-corrected chi connectivity index (χ0v) is 9.27.